The second-order valence-electron chi connectivity index (χ2n) is 8.16. The molecule has 0 radical (unpaired) electrons. The Labute approximate surface area is 245 Å². The number of rotatable bonds is 8. The normalized spacial score (nSPS) is 11.3. The molecule has 4 aromatic rings. The summed E-state index contributed by atoms with van der Waals surface area (Å²) in [5, 5.41) is 8.58. The first kappa shape index (κ1) is 28.2. The molecule has 0 aliphatic rings. The number of benzene rings is 3. The third kappa shape index (κ3) is 7.82. The van der Waals surface area contributed by atoms with Gasteiger partial charge in [0.2, 0.25) is 0 Å². The smallest absolute Gasteiger partial charge is 0.343 e. The summed E-state index contributed by atoms with van der Waals surface area (Å²) in [5.74, 6) is -1.37. The fourth-order valence-corrected chi connectivity index (χ4v) is 5.38. The van der Waals surface area contributed by atoms with E-state index in [0.29, 0.717) is 25.6 Å². The lowest BCUT2D eigenvalue weighted by atomic mass is 10.1. The third-order valence-electron chi connectivity index (χ3n) is 5.21. The number of carbonyl (C=O) groups is 3. The number of hydrogen-bond donors (Lipinski definition) is 2. The molecule has 3 aromatic carbocycles. The SMILES string of the molecule is Cc1cccc(C(=O)Oc2c(Br)cc(Br)cc2/C=N/NC(=O)/C(=C\c2cccs2)NC(=O)c2ccccc2)c1. The van der Waals surface area contributed by atoms with E-state index in [2.05, 4.69) is 47.7 Å². The Kier molecular flexibility index (Phi) is 9.59. The van der Waals surface area contributed by atoms with Crippen molar-refractivity contribution in [2.24, 2.45) is 5.10 Å². The average molecular weight is 667 g/mol. The lowest BCUT2D eigenvalue weighted by molar-refractivity contribution is -0.117. The highest BCUT2D eigenvalue weighted by atomic mass is 79.9. The van der Waals surface area contributed by atoms with Crippen LogP contribution >= 0.6 is 43.2 Å². The first-order chi connectivity index (χ1) is 18.8. The summed E-state index contributed by atoms with van der Waals surface area (Å²) in [6.45, 7) is 1.89. The molecule has 0 aliphatic heterocycles. The fourth-order valence-electron chi connectivity index (χ4n) is 3.39. The van der Waals surface area contributed by atoms with Crippen LogP contribution in [0.4, 0.5) is 0 Å². The van der Waals surface area contributed by atoms with Gasteiger partial charge in [0, 0.05) is 20.5 Å². The van der Waals surface area contributed by atoms with E-state index < -0.39 is 17.8 Å². The lowest BCUT2D eigenvalue weighted by Gasteiger charge is -2.11. The number of thiophene rings is 1. The minimum atomic E-state index is -0.628. The molecule has 1 aromatic heterocycles. The molecule has 1 heterocycles. The van der Waals surface area contributed by atoms with Crippen LogP contribution in [0.5, 0.6) is 5.75 Å². The quantitative estimate of drug-likeness (QED) is 0.0717. The molecular formula is C29H21Br2N3O4S. The second-order valence-corrected chi connectivity index (χ2v) is 10.9. The molecule has 0 fully saturated rings. The Morgan fingerprint density at radius 3 is 2.41 bits per heavy atom. The third-order valence-corrected chi connectivity index (χ3v) is 7.08. The van der Waals surface area contributed by atoms with Gasteiger partial charge in [-0.2, -0.15) is 5.10 Å². The second kappa shape index (κ2) is 13.3. The lowest BCUT2D eigenvalue weighted by Crippen LogP contribution is -2.32. The number of ether oxygens (including phenoxy) is 1. The maximum absolute atomic E-state index is 13.0. The van der Waals surface area contributed by atoms with E-state index in [1.54, 1.807) is 66.7 Å². The van der Waals surface area contributed by atoms with E-state index in [0.717, 1.165) is 10.4 Å². The van der Waals surface area contributed by atoms with Gasteiger partial charge in [-0.15, -0.1) is 11.3 Å². The predicted octanol–water partition coefficient (Wildman–Crippen LogP) is 6.72. The number of nitrogens with one attached hydrogen (secondary N) is 2. The highest BCUT2D eigenvalue weighted by Gasteiger charge is 2.17. The van der Waals surface area contributed by atoms with Crippen molar-refractivity contribution in [3.8, 4) is 5.75 Å². The van der Waals surface area contributed by atoms with Gasteiger partial charge in [0.05, 0.1) is 16.3 Å². The zero-order valence-electron chi connectivity index (χ0n) is 20.5. The highest BCUT2D eigenvalue weighted by Crippen LogP contribution is 2.32. The van der Waals surface area contributed by atoms with Crippen molar-refractivity contribution < 1.29 is 19.1 Å². The minimum absolute atomic E-state index is 0.0185. The van der Waals surface area contributed by atoms with Crippen molar-refractivity contribution in [1.82, 2.24) is 10.7 Å². The van der Waals surface area contributed by atoms with Gasteiger partial charge in [-0.05, 0) is 76.8 Å². The van der Waals surface area contributed by atoms with Gasteiger partial charge in [-0.1, -0.05) is 57.9 Å². The van der Waals surface area contributed by atoms with E-state index in [-0.39, 0.29) is 11.4 Å². The van der Waals surface area contributed by atoms with Crippen molar-refractivity contribution in [2.75, 3.05) is 0 Å². The van der Waals surface area contributed by atoms with Crippen LogP contribution in [0.1, 0.15) is 36.7 Å². The molecule has 4 rings (SSSR count). The number of carbonyl (C=O) groups excluding carboxylic acids is 3. The van der Waals surface area contributed by atoms with Gasteiger partial charge >= 0.3 is 5.97 Å². The average Bonchev–Trinajstić information content (AvgIpc) is 3.43. The predicted molar refractivity (Wildman–Crippen MR) is 160 cm³/mol. The Hall–Kier alpha value is -3.86. The number of aryl methyl sites for hydroxylation is 1. The van der Waals surface area contributed by atoms with E-state index in [1.165, 1.54) is 17.6 Å². The van der Waals surface area contributed by atoms with Crippen molar-refractivity contribution in [3.05, 3.63) is 126 Å². The van der Waals surface area contributed by atoms with E-state index >= 15 is 0 Å². The van der Waals surface area contributed by atoms with Crippen LogP contribution in [-0.2, 0) is 4.79 Å². The Morgan fingerprint density at radius 2 is 1.69 bits per heavy atom. The van der Waals surface area contributed by atoms with Crippen LogP contribution in [0, 0.1) is 6.92 Å². The van der Waals surface area contributed by atoms with Crippen LogP contribution in [0.25, 0.3) is 6.08 Å². The number of hydrogen-bond acceptors (Lipinski definition) is 6. The number of nitrogens with zero attached hydrogens (tertiary/aromatic N) is 1. The zero-order chi connectivity index (χ0) is 27.8. The molecule has 0 unspecified atom stereocenters. The van der Waals surface area contributed by atoms with E-state index in [4.69, 9.17) is 4.74 Å². The van der Waals surface area contributed by atoms with Gasteiger partial charge in [0.15, 0.2) is 5.75 Å². The number of amides is 2. The van der Waals surface area contributed by atoms with Gasteiger partial charge in [-0.25, -0.2) is 10.2 Å². The van der Waals surface area contributed by atoms with Crippen LogP contribution in [-0.4, -0.2) is 24.0 Å². The largest absolute Gasteiger partial charge is 0.421 e. The summed E-state index contributed by atoms with van der Waals surface area (Å²) < 4.78 is 6.88. The molecule has 0 aliphatic carbocycles. The topological polar surface area (TPSA) is 96.9 Å². The van der Waals surface area contributed by atoms with Crippen molar-refractivity contribution in [1.29, 1.82) is 0 Å². The Morgan fingerprint density at radius 1 is 0.923 bits per heavy atom. The van der Waals surface area contributed by atoms with Crippen LogP contribution < -0.4 is 15.5 Å². The summed E-state index contributed by atoms with van der Waals surface area (Å²) in [6.07, 6.45) is 2.93. The first-order valence-corrected chi connectivity index (χ1v) is 14.0. The highest BCUT2D eigenvalue weighted by molar-refractivity contribution is 9.11. The van der Waals surface area contributed by atoms with E-state index in [9.17, 15) is 14.4 Å². The number of esters is 1. The molecule has 0 spiro atoms. The van der Waals surface area contributed by atoms with Gasteiger partial charge in [-0.3, -0.25) is 9.59 Å². The summed E-state index contributed by atoms with van der Waals surface area (Å²) >= 11 is 8.27. The molecule has 0 bridgehead atoms. The molecule has 0 saturated carbocycles. The summed E-state index contributed by atoms with van der Waals surface area (Å²) in [6, 6.07) is 22.7. The molecule has 2 N–H and O–H groups in total. The molecule has 0 atom stereocenters. The monoisotopic (exact) mass is 665 g/mol. The van der Waals surface area contributed by atoms with Gasteiger partial charge < -0.3 is 10.1 Å². The van der Waals surface area contributed by atoms with Crippen LogP contribution in [0.3, 0.4) is 0 Å². The van der Waals surface area contributed by atoms with Crippen molar-refractivity contribution >= 4 is 73.3 Å². The molecule has 0 saturated heterocycles. The number of halogens is 2. The summed E-state index contributed by atoms with van der Waals surface area (Å²) in [5.41, 5.74) is 4.62. The zero-order valence-corrected chi connectivity index (χ0v) is 24.5. The molecule has 196 valence electrons. The standard InChI is InChI=1S/C29H21Br2N3O4S/c1-18-7-5-10-20(13-18)29(37)38-26-21(14-22(30)15-24(26)31)17-32-34-28(36)25(16-23-11-6-12-39-23)33-27(35)19-8-3-2-4-9-19/h2-17H,1H3,(H,33,35)(H,34,36)/b25-16+,32-17+. The first-order valence-electron chi connectivity index (χ1n) is 11.5. The molecular weight excluding hydrogens is 646 g/mol. The fraction of sp³-hybridized carbons (Fsp3) is 0.0345. The molecule has 39 heavy (non-hydrogen) atoms. The minimum Gasteiger partial charge on any atom is -0.421 e. The van der Waals surface area contributed by atoms with Crippen molar-refractivity contribution in [2.45, 2.75) is 6.92 Å². The Balaban J connectivity index is 1.54. The van der Waals surface area contributed by atoms with Crippen LogP contribution in [0.15, 0.2) is 104 Å². The van der Waals surface area contributed by atoms with Crippen LogP contribution in [0.2, 0.25) is 0 Å². The van der Waals surface area contributed by atoms with E-state index in [1.807, 2.05) is 30.5 Å². The van der Waals surface area contributed by atoms with Crippen molar-refractivity contribution in [3.63, 3.8) is 0 Å². The summed E-state index contributed by atoms with van der Waals surface area (Å²) in [7, 11) is 0. The maximum atomic E-state index is 13.0. The summed E-state index contributed by atoms with van der Waals surface area (Å²) in [4.78, 5) is 39.3. The maximum Gasteiger partial charge on any atom is 0.343 e. The Bertz CT molecular complexity index is 1570. The molecule has 10 heteroatoms. The molecule has 2 amide bonds. The van der Waals surface area contributed by atoms with Gasteiger partial charge in [0.25, 0.3) is 11.8 Å². The number of hydrazone groups is 1. The van der Waals surface area contributed by atoms with Gasteiger partial charge in [0.1, 0.15) is 5.70 Å². The molecule has 7 nitrogen and oxygen atoms in total.